The number of nitrogens with one attached hydrogen (secondary N) is 2. The number of benzene rings is 1. The Kier molecular flexibility index (Phi) is 8.74. The van der Waals surface area contributed by atoms with Gasteiger partial charge in [-0.15, -0.1) is 0 Å². The van der Waals surface area contributed by atoms with Crippen LogP contribution in [0.25, 0.3) is 5.82 Å². The average Bonchev–Trinajstić information content (AvgIpc) is 3.16. The van der Waals surface area contributed by atoms with Gasteiger partial charge in [-0.25, -0.2) is 9.67 Å². The van der Waals surface area contributed by atoms with Crippen LogP contribution in [0.3, 0.4) is 0 Å². The molecule has 0 saturated carbocycles. The molecule has 0 aliphatic rings. The summed E-state index contributed by atoms with van der Waals surface area (Å²) in [5.41, 5.74) is 0.388. The Morgan fingerprint density at radius 1 is 1.22 bits per heavy atom. The number of aromatic nitrogens is 3. The second-order valence-corrected chi connectivity index (χ2v) is 11.3. The van der Waals surface area contributed by atoms with Crippen molar-refractivity contribution in [3.63, 3.8) is 0 Å². The zero-order valence-corrected chi connectivity index (χ0v) is 22.9. The molecule has 1 unspecified atom stereocenters. The van der Waals surface area contributed by atoms with Crippen LogP contribution >= 0.6 is 34.8 Å². The molecule has 1 atom stereocenters. The van der Waals surface area contributed by atoms with E-state index in [0.717, 1.165) is 0 Å². The maximum absolute atomic E-state index is 13.3. The van der Waals surface area contributed by atoms with Crippen molar-refractivity contribution in [3.8, 4) is 12.0 Å². The molecular weight excluding hydrogens is 545 g/mol. The first-order valence-electron chi connectivity index (χ1n) is 10.4. The fourth-order valence-corrected chi connectivity index (χ4v) is 5.48. The summed E-state index contributed by atoms with van der Waals surface area (Å²) in [6.07, 6.45) is 5.11. The topological polar surface area (TPSA) is 125 Å². The molecule has 0 aliphatic heterocycles. The molecule has 2 amide bonds. The van der Waals surface area contributed by atoms with E-state index in [-0.39, 0.29) is 32.9 Å². The summed E-state index contributed by atoms with van der Waals surface area (Å²) in [6, 6.07) is 7.74. The van der Waals surface area contributed by atoms with E-state index in [9.17, 15) is 9.59 Å². The standard InChI is InChI=1S/C23H22Cl3N7O2S/c1-13-8-14(24)9-15(21(34)31-23(2,3)11-36(4)29-12-27)19(13)30-22(35)17-10-18(26)32-33(17)20-16(25)6-5-7-28-20/h5-10H,11H2,1-4H3,(H,30,35)(H,31,34). The summed E-state index contributed by atoms with van der Waals surface area (Å²) >= 11 is 18.6. The Morgan fingerprint density at radius 2 is 1.94 bits per heavy atom. The molecule has 2 heterocycles. The molecule has 0 radical (unpaired) electrons. The first-order chi connectivity index (χ1) is 16.9. The third-order valence-corrected chi connectivity index (χ3v) is 7.08. The van der Waals surface area contributed by atoms with E-state index >= 15 is 0 Å². The summed E-state index contributed by atoms with van der Waals surface area (Å²) in [6.45, 7) is 5.38. The second-order valence-electron chi connectivity index (χ2n) is 8.45. The average molecular weight is 567 g/mol. The third kappa shape index (κ3) is 6.62. The first-order valence-corrected chi connectivity index (χ1v) is 13.3. The van der Waals surface area contributed by atoms with Gasteiger partial charge in [0, 0.05) is 28.6 Å². The maximum atomic E-state index is 13.3. The van der Waals surface area contributed by atoms with E-state index < -0.39 is 28.0 Å². The zero-order valence-electron chi connectivity index (χ0n) is 19.8. The number of nitriles is 1. The van der Waals surface area contributed by atoms with E-state index in [1.165, 1.54) is 23.0 Å². The molecule has 0 spiro atoms. The highest BCUT2D eigenvalue weighted by molar-refractivity contribution is 7.86. The number of halogens is 3. The highest BCUT2D eigenvalue weighted by atomic mass is 35.5. The monoisotopic (exact) mass is 565 g/mol. The molecule has 2 aromatic heterocycles. The van der Waals surface area contributed by atoms with Crippen molar-refractivity contribution in [2.75, 3.05) is 17.3 Å². The number of hydrogen-bond donors (Lipinski definition) is 2. The smallest absolute Gasteiger partial charge is 0.274 e. The number of carbonyl (C=O) groups excluding carboxylic acids is 2. The fourth-order valence-electron chi connectivity index (χ4n) is 3.51. The predicted molar refractivity (Wildman–Crippen MR) is 143 cm³/mol. The lowest BCUT2D eigenvalue weighted by molar-refractivity contribution is 0.0921. The van der Waals surface area contributed by atoms with Crippen LogP contribution < -0.4 is 10.6 Å². The van der Waals surface area contributed by atoms with Crippen molar-refractivity contribution >= 4 is 63.0 Å². The number of aryl methyl sites for hydroxylation is 1. The van der Waals surface area contributed by atoms with Gasteiger partial charge in [0.05, 0.1) is 16.3 Å². The Hall–Kier alpha value is -2.97. The third-order valence-electron chi connectivity index (χ3n) is 4.85. The molecule has 3 aromatic rings. The molecule has 0 bridgehead atoms. The molecule has 36 heavy (non-hydrogen) atoms. The molecule has 13 heteroatoms. The molecule has 3 rings (SSSR count). The number of rotatable bonds is 7. The van der Waals surface area contributed by atoms with Crippen molar-refractivity contribution in [1.29, 1.82) is 5.26 Å². The lowest BCUT2D eigenvalue weighted by atomic mass is 10.0. The normalized spacial score (nSPS) is 12.2. The Labute approximate surface area is 225 Å². The van der Waals surface area contributed by atoms with E-state index in [1.54, 1.807) is 31.3 Å². The molecule has 9 nitrogen and oxygen atoms in total. The van der Waals surface area contributed by atoms with Gasteiger partial charge in [-0.1, -0.05) is 45.5 Å². The minimum atomic E-state index is -0.686. The summed E-state index contributed by atoms with van der Waals surface area (Å²) in [7, 11) is -0.567. The molecule has 188 valence electrons. The van der Waals surface area contributed by atoms with E-state index in [1.807, 2.05) is 20.1 Å². The lowest BCUT2D eigenvalue weighted by Crippen LogP contribution is -2.47. The molecule has 2 N–H and O–H groups in total. The van der Waals surface area contributed by atoms with Crippen molar-refractivity contribution in [2.45, 2.75) is 26.3 Å². The number of hydrogen-bond acceptors (Lipinski definition) is 6. The summed E-state index contributed by atoms with van der Waals surface area (Å²) < 4.78 is 5.05. The number of pyridine rings is 1. The molecule has 1 aromatic carbocycles. The van der Waals surface area contributed by atoms with Crippen LogP contribution in [0.4, 0.5) is 5.69 Å². The summed E-state index contributed by atoms with van der Waals surface area (Å²) in [4.78, 5) is 30.8. The van der Waals surface area contributed by atoms with E-state index in [4.69, 9.17) is 40.1 Å². The Balaban J connectivity index is 1.96. The van der Waals surface area contributed by atoms with E-state index in [2.05, 4.69) is 25.1 Å². The molecule has 0 aliphatic carbocycles. The first kappa shape index (κ1) is 27.6. The van der Waals surface area contributed by atoms with Gasteiger partial charge in [0.25, 0.3) is 11.8 Å². The van der Waals surface area contributed by atoms with Crippen LogP contribution in [0.5, 0.6) is 0 Å². The number of carbonyl (C=O) groups is 2. The minimum Gasteiger partial charge on any atom is -0.346 e. The van der Waals surface area contributed by atoms with Gasteiger partial charge in [0.2, 0.25) is 6.19 Å². The van der Waals surface area contributed by atoms with Gasteiger partial charge in [-0.05, 0) is 56.9 Å². The Bertz CT molecular complexity index is 1410. The van der Waals surface area contributed by atoms with Crippen LogP contribution in [0.1, 0.15) is 40.3 Å². The molecular formula is C23H22Cl3N7O2S. The quantitative estimate of drug-likeness (QED) is 0.380. The summed E-state index contributed by atoms with van der Waals surface area (Å²) in [5.74, 6) is -0.357. The maximum Gasteiger partial charge on any atom is 0.274 e. The van der Waals surface area contributed by atoms with Crippen LogP contribution in [-0.2, 0) is 10.7 Å². The van der Waals surface area contributed by atoms with Gasteiger partial charge in [-0.3, -0.25) is 9.59 Å². The van der Waals surface area contributed by atoms with Crippen molar-refractivity contribution in [1.82, 2.24) is 20.1 Å². The van der Waals surface area contributed by atoms with Crippen molar-refractivity contribution < 1.29 is 9.59 Å². The number of amides is 2. The number of anilines is 1. The van der Waals surface area contributed by atoms with Crippen molar-refractivity contribution in [3.05, 3.63) is 68.5 Å². The summed E-state index contributed by atoms with van der Waals surface area (Å²) in [5, 5.41) is 19.3. The predicted octanol–water partition coefficient (Wildman–Crippen LogP) is 5.21. The lowest BCUT2D eigenvalue weighted by Gasteiger charge is -2.27. The highest BCUT2D eigenvalue weighted by Gasteiger charge is 2.26. The second kappa shape index (κ2) is 11.4. The van der Waals surface area contributed by atoms with Gasteiger partial charge in [-0.2, -0.15) is 14.7 Å². The zero-order chi connectivity index (χ0) is 26.6. The van der Waals surface area contributed by atoms with Crippen LogP contribution in [-0.4, -0.2) is 44.1 Å². The van der Waals surface area contributed by atoms with Crippen LogP contribution in [0.15, 0.2) is 40.9 Å². The highest BCUT2D eigenvalue weighted by Crippen LogP contribution is 2.28. The van der Waals surface area contributed by atoms with Crippen LogP contribution in [0.2, 0.25) is 15.2 Å². The molecule has 0 fully saturated rings. The SMILES string of the molecule is Cc1cc(Cl)cc(C(=O)NC(C)(C)CS(C)=NC#N)c1NC(=O)c1cc(Cl)nn1-c1ncccc1Cl. The van der Waals surface area contributed by atoms with E-state index in [0.29, 0.717) is 16.3 Å². The van der Waals surface area contributed by atoms with Crippen molar-refractivity contribution in [2.24, 2.45) is 4.36 Å². The largest absolute Gasteiger partial charge is 0.346 e. The Morgan fingerprint density at radius 3 is 2.61 bits per heavy atom. The fraction of sp³-hybridized carbons (Fsp3) is 0.261. The van der Waals surface area contributed by atoms with Gasteiger partial charge in [0.15, 0.2) is 11.0 Å². The molecule has 0 saturated heterocycles. The number of nitrogens with zero attached hydrogens (tertiary/aromatic N) is 5. The van der Waals surface area contributed by atoms with Gasteiger partial charge < -0.3 is 10.6 Å². The van der Waals surface area contributed by atoms with Gasteiger partial charge in [0.1, 0.15) is 5.69 Å². The van der Waals surface area contributed by atoms with Crippen LogP contribution in [0, 0.1) is 18.4 Å². The van der Waals surface area contributed by atoms with Gasteiger partial charge >= 0.3 is 0 Å². The minimum absolute atomic E-state index is 0.0622.